The van der Waals surface area contributed by atoms with Gasteiger partial charge in [0.25, 0.3) is 0 Å². The summed E-state index contributed by atoms with van der Waals surface area (Å²) >= 11 is 6.92. The molecular weight excluding hydrogens is 867 g/mol. The van der Waals surface area contributed by atoms with E-state index in [2.05, 4.69) is 42.9 Å². The number of fused-ring (bicyclic) bond motifs is 2. The standard InChI is InChI=1S/C20H24O6.3HI.Sm/c1-2-6-18-17(5-1)23-13-9-21-11-15-25-19-7-3-4-8-20(19)26-16-12-22-10-14-24-18;;;;/h1-8H,9-16H2;3*1H;/q;;;;+3/p-3. The average molecular weight is 891 g/mol. The zero-order valence-electron chi connectivity index (χ0n) is 16.3. The fourth-order valence-corrected chi connectivity index (χ4v) is 2.42. The SMILES string of the molecule is [I][Sm]([I])[I].c1ccc2c(c1)OCCOCCOc1ccccc1OCCOCCO2. The molecule has 1 aliphatic heterocycles. The van der Waals surface area contributed by atoms with Gasteiger partial charge >= 0.3 is 60.9 Å². The Morgan fingerprint density at radius 2 is 0.700 bits per heavy atom. The third-order valence-corrected chi connectivity index (χ3v) is 3.64. The molecule has 0 saturated heterocycles. The fourth-order valence-electron chi connectivity index (χ4n) is 2.42. The van der Waals surface area contributed by atoms with Crippen LogP contribution in [0.4, 0.5) is 0 Å². The largest absolute Gasteiger partial charge is 0.487 e. The second kappa shape index (κ2) is 17.5. The van der Waals surface area contributed by atoms with E-state index in [9.17, 15) is 0 Å². The number of ether oxygens (including phenoxy) is 6. The van der Waals surface area contributed by atoms with Gasteiger partial charge in [-0.25, -0.2) is 0 Å². The zero-order chi connectivity index (χ0) is 21.4. The predicted molar refractivity (Wildman–Crippen MR) is 139 cm³/mol. The first-order chi connectivity index (χ1) is 14.7. The monoisotopic (exact) mass is 893 g/mol. The van der Waals surface area contributed by atoms with Crippen molar-refractivity contribution in [1.82, 2.24) is 0 Å². The van der Waals surface area contributed by atoms with Crippen molar-refractivity contribution in [3.05, 3.63) is 48.5 Å². The number of para-hydroxylation sites is 4. The number of rotatable bonds is 0. The second-order valence-electron chi connectivity index (χ2n) is 5.69. The van der Waals surface area contributed by atoms with E-state index in [4.69, 9.17) is 28.4 Å². The van der Waals surface area contributed by atoms with E-state index in [0.717, 1.165) is 0 Å². The summed E-state index contributed by atoms with van der Waals surface area (Å²) < 4.78 is 34.1. The van der Waals surface area contributed by atoms with Crippen LogP contribution in [0.3, 0.4) is 0 Å². The van der Waals surface area contributed by atoms with Crippen molar-refractivity contribution in [2.24, 2.45) is 0 Å². The fraction of sp³-hybridized carbons (Fsp3) is 0.400. The van der Waals surface area contributed by atoms with Gasteiger partial charge in [0.05, 0.1) is 26.4 Å². The third kappa shape index (κ3) is 12.4. The van der Waals surface area contributed by atoms with Gasteiger partial charge in [0.15, 0.2) is 23.0 Å². The molecule has 0 fully saturated rings. The summed E-state index contributed by atoms with van der Waals surface area (Å²) in [5, 5.41) is 0. The summed E-state index contributed by atoms with van der Waals surface area (Å²) in [5.41, 5.74) is 0. The van der Waals surface area contributed by atoms with Crippen LogP contribution in [0.2, 0.25) is 0 Å². The molecule has 1 aliphatic rings. The van der Waals surface area contributed by atoms with Crippen molar-refractivity contribution in [2.45, 2.75) is 0 Å². The molecule has 0 unspecified atom stereocenters. The van der Waals surface area contributed by atoms with Crippen LogP contribution in [0, 0.1) is 18.0 Å². The molecule has 0 radical (unpaired) electrons. The van der Waals surface area contributed by atoms with Gasteiger partial charge in [0.2, 0.25) is 0 Å². The second-order valence-corrected chi connectivity index (χ2v) is 63.9. The van der Waals surface area contributed by atoms with Crippen LogP contribution < -0.4 is 18.9 Å². The molecule has 0 spiro atoms. The molecule has 10 heteroatoms. The van der Waals surface area contributed by atoms with E-state index in [1.54, 1.807) is 0 Å². The van der Waals surface area contributed by atoms with Crippen LogP contribution >= 0.6 is 42.9 Å². The first kappa shape index (κ1) is 27.3. The maximum Gasteiger partial charge on any atom is 0.161 e. The number of hydrogen-bond acceptors (Lipinski definition) is 6. The molecule has 0 bridgehead atoms. The normalized spacial score (nSPS) is 15.9. The average Bonchev–Trinajstić information content (AvgIpc) is 2.73. The van der Waals surface area contributed by atoms with Crippen molar-refractivity contribution in [2.75, 3.05) is 52.9 Å². The van der Waals surface area contributed by atoms with E-state index in [1.165, 1.54) is 0 Å². The molecule has 0 saturated carbocycles. The van der Waals surface area contributed by atoms with Gasteiger partial charge in [0, 0.05) is 0 Å². The maximum absolute atomic E-state index is 5.74. The molecule has 2 aromatic carbocycles. The topological polar surface area (TPSA) is 55.4 Å². The van der Waals surface area contributed by atoms with Gasteiger partial charge in [-0.05, 0) is 24.3 Å². The first-order valence-electron chi connectivity index (χ1n) is 9.24. The van der Waals surface area contributed by atoms with Crippen molar-refractivity contribution in [1.29, 1.82) is 0 Å². The molecule has 167 valence electrons. The first-order valence-corrected chi connectivity index (χ1v) is 31.8. The Morgan fingerprint density at radius 3 is 0.933 bits per heavy atom. The van der Waals surface area contributed by atoms with E-state index in [0.29, 0.717) is 75.9 Å². The summed E-state index contributed by atoms with van der Waals surface area (Å²) in [6, 6.07) is 15.2. The maximum atomic E-state index is 5.74. The summed E-state index contributed by atoms with van der Waals surface area (Å²) in [5.74, 6) is 2.80. The molecule has 0 aromatic heterocycles. The van der Waals surface area contributed by atoms with E-state index in [1.807, 2.05) is 48.5 Å². The van der Waals surface area contributed by atoms with Crippen molar-refractivity contribution >= 4 is 42.9 Å². The molecule has 6 nitrogen and oxygen atoms in total. The van der Waals surface area contributed by atoms with Gasteiger partial charge < -0.3 is 28.4 Å². The van der Waals surface area contributed by atoms with E-state index in [-0.39, 0.29) is 0 Å². The van der Waals surface area contributed by atoms with Crippen LogP contribution in [0.5, 0.6) is 23.0 Å². The number of halogens is 3. The zero-order valence-corrected chi connectivity index (χ0v) is 25.4. The number of benzene rings is 2. The Labute approximate surface area is 210 Å². The van der Waals surface area contributed by atoms with Crippen molar-refractivity contribution in [3.8, 4) is 23.0 Å². The van der Waals surface area contributed by atoms with Crippen LogP contribution in [0.15, 0.2) is 48.5 Å². The van der Waals surface area contributed by atoms with Crippen LogP contribution in [-0.4, -0.2) is 52.9 Å². The minimum absolute atomic E-state index is 0.441. The van der Waals surface area contributed by atoms with Gasteiger partial charge in [-0.3, -0.25) is 0 Å². The Bertz CT molecular complexity index is 608. The Hall–Kier alpha value is 1.09. The summed E-state index contributed by atoms with van der Waals surface area (Å²) in [6.45, 7) is 3.65. The van der Waals surface area contributed by atoms with Gasteiger partial charge in [-0.1, -0.05) is 24.3 Å². The molecule has 1 heterocycles. The Morgan fingerprint density at radius 1 is 0.467 bits per heavy atom. The summed E-state index contributed by atoms with van der Waals surface area (Å²) in [6.07, 6.45) is 0. The van der Waals surface area contributed by atoms with Crippen LogP contribution in [0.25, 0.3) is 0 Å². The molecule has 0 N–H and O–H groups in total. The number of hydrogen-bond donors (Lipinski definition) is 0. The van der Waals surface area contributed by atoms with Crippen molar-refractivity contribution in [3.63, 3.8) is 0 Å². The molecule has 0 aliphatic carbocycles. The minimum Gasteiger partial charge on any atom is -0.487 e. The molecule has 3 rings (SSSR count). The molecule has 0 atom stereocenters. The van der Waals surface area contributed by atoms with Crippen LogP contribution in [0.1, 0.15) is 0 Å². The third-order valence-electron chi connectivity index (χ3n) is 3.64. The molecule has 0 amide bonds. The smallest absolute Gasteiger partial charge is 0.161 e. The summed E-state index contributed by atoms with van der Waals surface area (Å²) in [4.78, 5) is 0. The van der Waals surface area contributed by atoms with E-state index >= 15 is 0 Å². The van der Waals surface area contributed by atoms with E-state index < -0.39 is 18.0 Å². The predicted octanol–water partition coefficient (Wildman–Crippen LogP) is 5.61. The Balaban J connectivity index is 0.000000735. The van der Waals surface area contributed by atoms with Gasteiger partial charge in [-0.15, -0.1) is 0 Å². The van der Waals surface area contributed by atoms with Gasteiger partial charge in [-0.2, -0.15) is 0 Å². The molecule has 30 heavy (non-hydrogen) atoms. The van der Waals surface area contributed by atoms with Crippen molar-refractivity contribution < 1.29 is 46.4 Å². The van der Waals surface area contributed by atoms with Crippen LogP contribution in [-0.2, 0) is 9.47 Å². The minimum atomic E-state index is -0.618. The molecule has 2 aromatic rings. The van der Waals surface area contributed by atoms with Gasteiger partial charge in [0.1, 0.15) is 26.4 Å². The summed E-state index contributed by atoms with van der Waals surface area (Å²) in [7, 11) is 0. The Kier molecular flexibility index (Phi) is 16.0. The molecular formula is C20H24I3O6Sm. The quantitative estimate of drug-likeness (QED) is 0.322.